The number of rotatable bonds is 36. The van der Waals surface area contributed by atoms with Gasteiger partial charge in [0, 0.05) is 6.42 Å². The first-order chi connectivity index (χ1) is 30.1. The molecule has 0 aliphatic carbocycles. The Morgan fingerprint density at radius 2 is 1.03 bits per heavy atom. The van der Waals surface area contributed by atoms with Crippen molar-refractivity contribution in [2.75, 3.05) is 19.8 Å². The third-order valence-corrected chi connectivity index (χ3v) is 11.8. The van der Waals surface area contributed by atoms with Crippen molar-refractivity contribution >= 4 is 5.91 Å². The van der Waals surface area contributed by atoms with Gasteiger partial charge in [-0.3, -0.25) is 4.79 Å². The van der Waals surface area contributed by atoms with Crippen LogP contribution in [0.1, 0.15) is 168 Å². The van der Waals surface area contributed by atoms with Gasteiger partial charge in [-0.2, -0.15) is 0 Å². The summed E-state index contributed by atoms with van der Waals surface area (Å²) in [6, 6.07) is -0.931. The molecule has 0 saturated carbocycles. The second-order valence-electron chi connectivity index (χ2n) is 17.2. The molecule has 2 heterocycles. The summed E-state index contributed by atoms with van der Waals surface area (Å²) < 4.78 is 22.5. The Balaban J connectivity index is 1.81. The highest BCUT2D eigenvalue weighted by atomic mass is 16.7. The largest absolute Gasteiger partial charge is 0.394 e. The molecule has 0 aromatic rings. The molecule has 0 aromatic heterocycles. The maximum atomic E-state index is 13.0. The zero-order valence-corrected chi connectivity index (χ0v) is 38.1. The number of carbonyl (C=O) groups excluding carboxylic acids is 1. The number of amides is 1. The number of aliphatic hydroxyl groups excluding tert-OH is 8. The Hall–Kier alpha value is -1.79. The lowest BCUT2D eigenvalue weighted by atomic mass is 9.97. The van der Waals surface area contributed by atoms with E-state index < -0.39 is 86.8 Å². The predicted molar refractivity (Wildman–Crippen MR) is 240 cm³/mol. The van der Waals surface area contributed by atoms with Crippen molar-refractivity contribution in [1.29, 1.82) is 0 Å². The Morgan fingerprint density at radius 1 is 0.565 bits per heavy atom. The van der Waals surface area contributed by atoms with Crippen molar-refractivity contribution in [3.8, 4) is 0 Å². The highest BCUT2D eigenvalue weighted by Gasteiger charge is 2.51. The maximum Gasteiger partial charge on any atom is 0.220 e. The molecule has 2 aliphatic heterocycles. The molecule has 62 heavy (non-hydrogen) atoms. The first-order valence-corrected chi connectivity index (χ1v) is 24.2. The van der Waals surface area contributed by atoms with Gasteiger partial charge in [0.2, 0.25) is 5.91 Å². The van der Waals surface area contributed by atoms with Gasteiger partial charge in [-0.05, 0) is 44.9 Å². The average molecular weight is 886 g/mol. The molecule has 362 valence electrons. The molecule has 2 saturated heterocycles. The number of carbonyl (C=O) groups is 1. The van der Waals surface area contributed by atoms with Crippen molar-refractivity contribution in [3.05, 3.63) is 36.5 Å². The quantitative estimate of drug-likeness (QED) is 0.0279. The van der Waals surface area contributed by atoms with E-state index in [-0.39, 0.29) is 18.9 Å². The van der Waals surface area contributed by atoms with E-state index >= 15 is 0 Å². The fourth-order valence-electron chi connectivity index (χ4n) is 7.79. The van der Waals surface area contributed by atoms with E-state index in [1.807, 2.05) is 6.08 Å². The minimum Gasteiger partial charge on any atom is -0.394 e. The van der Waals surface area contributed by atoms with Gasteiger partial charge in [0.15, 0.2) is 12.6 Å². The lowest BCUT2D eigenvalue weighted by Crippen LogP contribution is -2.65. The molecular weight excluding hydrogens is 799 g/mol. The van der Waals surface area contributed by atoms with Crippen molar-refractivity contribution < 1.29 is 64.6 Å². The second kappa shape index (κ2) is 35.5. The fourth-order valence-corrected chi connectivity index (χ4v) is 7.79. The summed E-state index contributed by atoms with van der Waals surface area (Å²) in [6.07, 6.45) is 22.4. The first-order valence-electron chi connectivity index (χ1n) is 24.2. The van der Waals surface area contributed by atoms with Gasteiger partial charge in [-0.1, -0.05) is 153 Å². The summed E-state index contributed by atoms with van der Waals surface area (Å²) in [5.41, 5.74) is 0. The molecule has 12 atom stereocenters. The smallest absolute Gasteiger partial charge is 0.220 e. The van der Waals surface area contributed by atoms with E-state index in [1.54, 1.807) is 6.08 Å². The molecule has 2 aliphatic rings. The maximum absolute atomic E-state index is 13.0. The first kappa shape index (κ1) is 56.3. The summed E-state index contributed by atoms with van der Waals surface area (Å²) >= 11 is 0. The molecule has 2 fully saturated rings. The predicted octanol–water partition coefficient (Wildman–Crippen LogP) is 5.54. The van der Waals surface area contributed by atoms with Crippen LogP contribution in [0.3, 0.4) is 0 Å². The molecule has 1 amide bonds. The highest BCUT2D eigenvalue weighted by molar-refractivity contribution is 5.76. The highest BCUT2D eigenvalue weighted by Crippen LogP contribution is 2.30. The van der Waals surface area contributed by atoms with Gasteiger partial charge in [0.1, 0.15) is 48.8 Å². The molecule has 14 nitrogen and oxygen atoms in total. The molecule has 0 spiro atoms. The number of hydrogen-bond acceptors (Lipinski definition) is 13. The van der Waals surface area contributed by atoms with Crippen LogP contribution in [0.15, 0.2) is 36.5 Å². The van der Waals surface area contributed by atoms with Crippen molar-refractivity contribution in [1.82, 2.24) is 5.32 Å². The molecule has 14 heteroatoms. The molecule has 2 rings (SSSR count). The monoisotopic (exact) mass is 886 g/mol. The summed E-state index contributed by atoms with van der Waals surface area (Å²) in [5.74, 6) is -0.265. The molecule has 9 N–H and O–H groups in total. The number of hydrogen-bond donors (Lipinski definition) is 9. The zero-order chi connectivity index (χ0) is 45.4. The summed E-state index contributed by atoms with van der Waals surface area (Å²) in [7, 11) is 0. The van der Waals surface area contributed by atoms with Crippen molar-refractivity contribution in [2.45, 2.75) is 242 Å². The minimum absolute atomic E-state index is 0.265. The van der Waals surface area contributed by atoms with Gasteiger partial charge < -0.3 is 65.1 Å². The Labute approximate surface area is 372 Å². The third-order valence-electron chi connectivity index (χ3n) is 11.8. The van der Waals surface area contributed by atoms with E-state index in [0.717, 1.165) is 57.8 Å². The van der Waals surface area contributed by atoms with Gasteiger partial charge in [0.25, 0.3) is 0 Å². The average Bonchev–Trinajstić information content (AvgIpc) is 3.27. The molecular formula is C48H87NO13. The van der Waals surface area contributed by atoms with Gasteiger partial charge in [-0.15, -0.1) is 0 Å². The summed E-state index contributed by atoms with van der Waals surface area (Å²) in [4.78, 5) is 13.0. The zero-order valence-electron chi connectivity index (χ0n) is 38.1. The van der Waals surface area contributed by atoms with Gasteiger partial charge in [-0.25, -0.2) is 0 Å². The minimum atomic E-state index is -1.79. The second-order valence-corrected chi connectivity index (χ2v) is 17.2. The topological polar surface area (TPSA) is 228 Å². The number of ether oxygens (including phenoxy) is 4. The lowest BCUT2D eigenvalue weighted by molar-refractivity contribution is -0.359. The van der Waals surface area contributed by atoms with Crippen LogP contribution >= 0.6 is 0 Å². The third kappa shape index (κ3) is 22.9. The Kier molecular flexibility index (Phi) is 32.2. The van der Waals surface area contributed by atoms with Crippen LogP contribution in [-0.2, 0) is 23.7 Å². The number of aliphatic hydroxyl groups is 8. The van der Waals surface area contributed by atoms with E-state index in [2.05, 4.69) is 43.5 Å². The molecule has 0 radical (unpaired) electrons. The van der Waals surface area contributed by atoms with E-state index in [1.165, 1.54) is 77.0 Å². The Morgan fingerprint density at radius 3 is 1.58 bits per heavy atom. The van der Waals surface area contributed by atoms with Crippen LogP contribution in [0.2, 0.25) is 0 Å². The van der Waals surface area contributed by atoms with E-state index in [4.69, 9.17) is 18.9 Å². The van der Waals surface area contributed by atoms with Gasteiger partial charge >= 0.3 is 0 Å². The van der Waals surface area contributed by atoms with Crippen LogP contribution in [0.4, 0.5) is 0 Å². The SMILES string of the molecule is CCCCCCCCCCCCCC/C=C/CC/C=C/CC/C=C/C(O)C(COC1OC(CO)C(OC2OC(CO)C(O)C(O)C2O)C(O)C1O)NC(=O)CCCCCCCC. The summed E-state index contributed by atoms with van der Waals surface area (Å²) in [6.45, 7) is 2.67. The fraction of sp³-hybridized carbons (Fsp3) is 0.854. The van der Waals surface area contributed by atoms with Crippen molar-refractivity contribution in [2.24, 2.45) is 0 Å². The number of unbranched alkanes of at least 4 members (excludes halogenated alkanes) is 19. The lowest BCUT2D eigenvalue weighted by Gasteiger charge is -2.46. The molecule has 0 bridgehead atoms. The number of allylic oxidation sites excluding steroid dienone is 5. The van der Waals surface area contributed by atoms with Crippen LogP contribution in [0, 0.1) is 0 Å². The normalized spacial score (nSPS) is 28.0. The molecule has 12 unspecified atom stereocenters. The molecule has 0 aromatic carbocycles. The number of nitrogens with one attached hydrogen (secondary N) is 1. The summed E-state index contributed by atoms with van der Waals surface area (Å²) in [5, 5.41) is 86.3. The van der Waals surface area contributed by atoms with Crippen LogP contribution in [-0.4, -0.2) is 140 Å². The standard InChI is InChI=1S/C48H87NO13/c1-3-5-7-9-11-12-13-14-15-16-17-18-19-20-21-22-23-24-25-26-27-29-31-37(52)36(49-40(53)32-30-28-10-8-6-4-2)35-59-47-45(58)43(56)46(39(34-51)61-47)62-48-44(57)42(55)41(54)38(33-50)60-48/h20-21,24-25,29,31,36-39,41-48,50-52,54-58H,3-19,22-23,26-28,30,32-35H2,1-2H3,(H,49,53)/b21-20+,25-24+,31-29+. The van der Waals surface area contributed by atoms with E-state index in [0.29, 0.717) is 12.8 Å². The van der Waals surface area contributed by atoms with Gasteiger partial charge in [0.05, 0.1) is 32.0 Å². The Bertz CT molecular complexity index is 1190. The van der Waals surface area contributed by atoms with E-state index in [9.17, 15) is 45.6 Å². The van der Waals surface area contributed by atoms with Crippen LogP contribution < -0.4 is 5.32 Å². The van der Waals surface area contributed by atoms with Crippen LogP contribution in [0.5, 0.6) is 0 Å². The van der Waals surface area contributed by atoms with Crippen molar-refractivity contribution in [3.63, 3.8) is 0 Å². The van der Waals surface area contributed by atoms with Crippen LogP contribution in [0.25, 0.3) is 0 Å².